The average molecular weight is 343 g/mol. The molecule has 0 aliphatic carbocycles. The number of rotatable bonds is 2. The van der Waals surface area contributed by atoms with Gasteiger partial charge in [-0.25, -0.2) is 9.48 Å². The zero-order valence-corrected chi connectivity index (χ0v) is 14.5. The summed E-state index contributed by atoms with van der Waals surface area (Å²) in [5.74, 6) is 0. The van der Waals surface area contributed by atoms with Crippen LogP contribution in [0.5, 0.6) is 0 Å². The van der Waals surface area contributed by atoms with Crippen molar-refractivity contribution in [3.63, 3.8) is 0 Å². The quantitative estimate of drug-likeness (QED) is 0.900. The molecule has 25 heavy (non-hydrogen) atoms. The molecule has 0 radical (unpaired) electrons. The Labute approximate surface area is 145 Å². The normalized spacial score (nSPS) is 15.0. The van der Waals surface area contributed by atoms with Gasteiger partial charge in [0.25, 0.3) is 5.56 Å². The molecule has 0 fully saturated rings. The molecule has 3 rings (SSSR count). The summed E-state index contributed by atoms with van der Waals surface area (Å²) in [5, 5.41) is 8.17. The van der Waals surface area contributed by atoms with E-state index in [1.807, 2.05) is 26.8 Å². The number of hydrogen-bond donors (Lipinski definition) is 1. The zero-order valence-electron chi connectivity index (χ0n) is 14.5. The minimum Gasteiger partial charge on any atom is -0.444 e. The highest BCUT2D eigenvalue weighted by molar-refractivity contribution is 5.71. The monoisotopic (exact) mass is 343 g/mol. The Hall–Kier alpha value is -2.90. The van der Waals surface area contributed by atoms with Crippen molar-refractivity contribution in [2.24, 2.45) is 0 Å². The number of H-pyrrole nitrogens is 1. The fraction of sp³-hybridized carbons (Fsp3) is 0.412. The second-order valence-corrected chi connectivity index (χ2v) is 6.84. The van der Waals surface area contributed by atoms with E-state index in [0.717, 1.165) is 5.57 Å². The minimum absolute atomic E-state index is 0.229. The van der Waals surface area contributed by atoms with Crippen molar-refractivity contribution in [1.82, 2.24) is 24.9 Å². The first-order valence-electron chi connectivity index (χ1n) is 8.11. The Morgan fingerprint density at radius 2 is 2.16 bits per heavy atom. The maximum Gasteiger partial charge on any atom is 0.410 e. The lowest BCUT2D eigenvalue weighted by Crippen LogP contribution is -2.39. The lowest BCUT2D eigenvalue weighted by molar-refractivity contribution is 0.0270. The van der Waals surface area contributed by atoms with Gasteiger partial charge in [0, 0.05) is 19.3 Å². The summed E-state index contributed by atoms with van der Waals surface area (Å²) in [4.78, 5) is 28.2. The number of ether oxygens (including phenoxy) is 1. The number of carbonyl (C=O) groups excluding carboxylic acids is 1. The van der Waals surface area contributed by atoms with Crippen molar-refractivity contribution in [3.05, 3.63) is 46.7 Å². The number of aromatic nitrogens is 4. The molecule has 0 saturated heterocycles. The smallest absolute Gasteiger partial charge is 0.410 e. The van der Waals surface area contributed by atoms with Crippen LogP contribution in [-0.2, 0) is 4.74 Å². The molecular formula is C17H21N5O3. The fourth-order valence-electron chi connectivity index (χ4n) is 2.52. The predicted molar refractivity (Wildman–Crippen MR) is 92.4 cm³/mol. The molecule has 132 valence electrons. The first-order chi connectivity index (χ1) is 11.8. The molecule has 0 atom stereocenters. The summed E-state index contributed by atoms with van der Waals surface area (Å²) in [6, 6.07) is 3.41. The summed E-state index contributed by atoms with van der Waals surface area (Å²) in [6.07, 6.45) is 5.57. The van der Waals surface area contributed by atoms with Crippen molar-refractivity contribution in [1.29, 1.82) is 0 Å². The number of pyridine rings is 1. The molecule has 0 aromatic carbocycles. The van der Waals surface area contributed by atoms with Crippen LogP contribution in [0.2, 0.25) is 0 Å². The molecule has 8 heteroatoms. The van der Waals surface area contributed by atoms with Gasteiger partial charge in [-0.05, 0) is 44.9 Å². The van der Waals surface area contributed by atoms with Gasteiger partial charge in [0.1, 0.15) is 17.0 Å². The second-order valence-electron chi connectivity index (χ2n) is 6.84. The second kappa shape index (κ2) is 6.54. The summed E-state index contributed by atoms with van der Waals surface area (Å²) < 4.78 is 6.83. The molecule has 8 nitrogen and oxygen atoms in total. The van der Waals surface area contributed by atoms with E-state index in [2.05, 4.69) is 15.3 Å². The van der Waals surface area contributed by atoms with Crippen LogP contribution in [0.15, 0.2) is 35.4 Å². The first kappa shape index (κ1) is 16.9. The number of nitrogens with one attached hydrogen (secondary N) is 1. The lowest BCUT2D eigenvalue weighted by Gasteiger charge is -2.29. The van der Waals surface area contributed by atoms with Gasteiger partial charge >= 0.3 is 6.09 Å². The van der Waals surface area contributed by atoms with Gasteiger partial charge in [-0.3, -0.25) is 4.79 Å². The van der Waals surface area contributed by atoms with Crippen LogP contribution in [0.1, 0.15) is 32.9 Å². The summed E-state index contributed by atoms with van der Waals surface area (Å²) in [6.45, 7) is 6.56. The van der Waals surface area contributed by atoms with E-state index in [1.165, 1.54) is 4.68 Å². The van der Waals surface area contributed by atoms with Gasteiger partial charge < -0.3 is 14.6 Å². The number of amides is 1. The summed E-state index contributed by atoms with van der Waals surface area (Å²) in [5.41, 5.74) is 1.37. The summed E-state index contributed by atoms with van der Waals surface area (Å²) in [7, 11) is 0. The number of nitrogens with zero attached hydrogens (tertiary/aromatic N) is 4. The Balaban J connectivity index is 1.72. The third-order valence-electron chi connectivity index (χ3n) is 3.73. The van der Waals surface area contributed by atoms with Crippen LogP contribution in [-0.4, -0.2) is 49.7 Å². The molecule has 1 amide bonds. The van der Waals surface area contributed by atoms with Crippen LogP contribution >= 0.6 is 0 Å². The van der Waals surface area contributed by atoms with Gasteiger partial charge in [-0.15, -0.1) is 5.10 Å². The Morgan fingerprint density at radius 1 is 1.36 bits per heavy atom. The van der Waals surface area contributed by atoms with Crippen molar-refractivity contribution >= 4 is 11.7 Å². The van der Waals surface area contributed by atoms with Gasteiger partial charge in [-0.2, -0.15) is 0 Å². The zero-order chi connectivity index (χ0) is 18.0. The topological polar surface area (TPSA) is 93.1 Å². The van der Waals surface area contributed by atoms with Crippen molar-refractivity contribution < 1.29 is 9.53 Å². The molecule has 1 N–H and O–H groups in total. The third kappa shape index (κ3) is 3.96. The fourth-order valence-corrected chi connectivity index (χ4v) is 2.52. The Kier molecular flexibility index (Phi) is 4.43. The molecule has 2 aromatic rings. The number of hydrogen-bond acceptors (Lipinski definition) is 5. The van der Waals surface area contributed by atoms with Gasteiger partial charge in [0.05, 0.1) is 6.20 Å². The highest BCUT2D eigenvalue weighted by Gasteiger charge is 2.24. The molecule has 0 bridgehead atoms. The standard InChI is InChI=1S/C17H21N5O3/c1-17(2,3)25-16(24)21-9-6-12(7-10-21)13-11-22(20-19-13)14-5-4-8-18-15(14)23/h4-6,8,11H,7,9-10H2,1-3H3,(H,18,23). The Bertz CT molecular complexity index is 859. The highest BCUT2D eigenvalue weighted by atomic mass is 16.6. The van der Waals surface area contributed by atoms with E-state index >= 15 is 0 Å². The third-order valence-corrected chi connectivity index (χ3v) is 3.73. The molecule has 0 saturated carbocycles. The number of carbonyl (C=O) groups is 1. The lowest BCUT2D eigenvalue weighted by atomic mass is 10.1. The van der Waals surface area contributed by atoms with Gasteiger partial charge in [0.2, 0.25) is 0 Å². The largest absolute Gasteiger partial charge is 0.444 e. The first-order valence-corrected chi connectivity index (χ1v) is 8.11. The molecule has 3 heterocycles. The van der Waals surface area contributed by atoms with E-state index in [9.17, 15) is 9.59 Å². The molecule has 0 unspecified atom stereocenters. The maximum absolute atomic E-state index is 12.1. The Morgan fingerprint density at radius 3 is 2.80 bits per heavy atom. The van der Waals surface area contributed by atoms with Crippen LogP contribution in [0.25, 0.3) is 11.3 Å². The minimum atomic E-state index is -0.507. The van der Waals surface area contributed by atoms with Crippen molar-refractivity contribution in [3.8, 4) is 5.69 Å². The van der Waals surface area contributed by atoms with E-state index in [0.29, 0.717) is 30.9 Å². The van der Waals surface area contributed by atoms with Crippen LogP contribution in [0.3, 0.4) is 0 Å². The van der Waals surface area contributed by atoms with Crippen LogP contribution < -0.4 is 5.56 Å². The molecule has 1 aliphatic rings. The van der Waals surface area contributed by atoms with Crippen molar-refractivity contribution in [2.45, 2.75) is 32.8 Å². The van der Waals surface area contributed by atoms with Crippen molar-refractivity contribution in [2.75, 3.05) is 13.1 Å². The van der Waals surface area contributed by atoms with Gasteiger partial charge in [0.15, 0.2) is 0 Å². The predicted octanol–water partition coefficient (Wildman–Crippen LogP) is 1.98. The molecule has 0 spiro atoms. The van der Waals surface area contributed by atoms with Gasteiger partial charge in [-0.1, -0.05) is 11.3 Å². The SMILES string of the molecule is CC(C)(C)OC(=O)N1CC=C(c2cn(-c3ccc[nH]c3=O)nn2)CC1. The van der Waals surface area contributed by atoms with E-state index in [4.69, 9.17) is 4.74 Å². The molecule has 1 aliphatic heterocycles. The summed E-state index contributed by atoms with van der Waals surface area (Å²) >= 11 is 0. The number of aromatic amines is 1. The average Bonchev–Trinajstić information content (AvgIpc) is 3.03. The highest BCUT2D eigenvalue weighted by Crippen LogP contribution is 2.22. The maximum atomic E-state index is 12.1. The molecular weight excluding hydrogens is 322 g/mol. The van der Waals surface area contributed by atoms with E-state index < -0.39 is 5.60 Å². The molecule has 2 aromatic heterocycles. The van der Waals surface area contributed by atoms with Crippen LogP contribution in [0.4, 0.5) is 4.79 Å². The van der Waals surface area contributed by atoms with E-state index in [1.54, 1.807) is 29.4 Å². The van der Waals surface area contributed by atoms with Crippen LogP contribution in [0, 0.1) is 0 Å². The van der Waals surface area contributed by atoms with E-state index in [-0.39, 0.29) is 11.7 Å².